The lowest BCUT2D eigenvalue weighted by atomic mass is 10.1. The van der Waals surface area contributed by atoms with E-state index in [1.165, 1.54) is 0 Å². The largest absolute Gasteiger partial charge is 0.462 e. The number of nitrogens with two attached hydrogens (primary N) is 1. The Labute approximate surface area is 108 Å². The van der Waals surface area contributed by atoms with E-state index in [1.807, 2.05) is 0 Å². The van der Waals surface area contributed by atoms with Crippen LogP contribution >= 0.6 is 0 Å². The van der Waals surface area contributed by atoms with Gasteiger partial charge >= 0.3 is 11.7 Å². The number of hydrogen-bond donors (Lipinski definition) is 1. The number of esters is 1. The zero-order valence-electron chi connectivity index (χ0n) is 10.4. The first-order chi connectivity index (χ1) is 9.01. The molecule has 2 N–H and O–H groups in total. The molecule has 0 spiro atoms. The predicted molar refractivity (Wildman–Crippen MR) is 62.7 cm³/mol. The van der Waals surface area contributed by atoms with E-state index >= 15 is 0 Å². The van der Waals surface area contributed by atoms with Crippen LogP contribution in [0.1, 0.15) is 19.8 Å². The van der Waals surface area contributed by atoms with E-state index in [2.05, 4.69) is 4.98 Å². The molecular weight excluding hydrogens is 257 g/mol. The number of nitrogen functional groups attached to an aromatic ring is 1. The van der Waals surface area contributed by atoms with Crippen LogP contribution in [0, 0.1) is 5.82 Å². The fraction of sp³-hybridized carbons (Fsp3) is 0.545. The van der Waals surface area contributed by atoms with Crippen LogP contribution in [-0.4, -0.2) is 28.7 Å². The van der Waals surface area contributed by atoms with E-state index in [-0.39, 0.29) is 19.6 Å². The Morgan fingerprint density at radius 2 is 2.47 bits per heavy atom. The van der Waals surface area contributed by atoms with Crippen molar-refractivity contribution in [1.29, 1.82) is 0 Å². The van der Waals surface area contributed by atoms with Gasteiger partial charge in [-0.1, -0.05) is 0 Å². The number of carbonyl (C=O) groups excluding carboxylic acids is 1. The van der Waals surface area contributed by atoms with Crippen molar-refractivity contribution in [3.63, 3.8) is 0 Å². The van der Waals surface area contributed by atoms with E-state index in [9.17, 15) is 14.0 Å². The van der Waals surface area contributed by atoms with Gasteiger partial charge in [-0.05, 0) is 13.3 Å². The molecule has 8 heteroatoms. The second kappa shape index (κ2) is 4.96. The Morgan fingerprint density at radius 1 is 1.74 bits per heavy atom. The molecule has 0 aliphatic carbocycles. The van der Waals surface area contributed by atoms with Crippen LogP contribution in [-0.2, 0) is 20.0 Å². The standard InChI is InChI=1S/C11H14FN3O4/c1-2-18-9(16)11(4-3-5-19-11)15-6-7(12)8(13)14-10(15)17/h6H,2-5H2,1H3,(H2,13,14,17)/t11-/m0/s1. The Morgan fingerprint density at radius 3 is 3.05 bits per heavy atom. The Balaban J connectivity index is 2.54. The van der Waals surface area contributed by atoms with E-state index in [1.54, 1.807) is 6.92 Å². The average molecular weight is 271 g/mol. The SMILES string of the molecule is CCOC(=O)[C@]1(n2cc(F)c(N)nc2=O)CCCO1. The molecule has 2 rings (SSSR count). The summed E-state index contributed by atoms with van der Waals surface area (Å²) >= 11 is 0. The maximum atomic E-state index is 13.5. The molecule has 0 saturated carbocycles. The normalized spacial score (nSPS) is 22.4. The molecule has 1 fully saturated rings. The highest BCUT2D eigenvalue weighted by Crippen LogP contribution is 2.31. The Hall–Kier alpha value is -1.96. The molecule has 0 radical (unpaired) electrons. The number of anilines is 1. The van der Waals surface area contributed by atoms with E-state index in [0.717, 1.165) is 10.8 Å². The first-order valence-corrected chi connectivity index (χ1v) is 5.87. The maximum absolute atomic E-state index is 13.5. The average Bonchev–Trinajstić information content (AvgIpc) is 2.84. The molecule has 2 heterocycles. The summed E-state index contributed by atoms with van der Waals surface area (Å²) in [7, 11) is 0. The Kier molecular flexibility index (Phi) is 3.52. The molecule has 19 heavy (non-hydrogen) atoms. The summed E-state index contributed by atoms with van der Waals surface area (Å²) in [6.07, 6.45) is 1.60. The summed E-state index contributed by atoms with van der Waals surface area (Å²) in [5.41, 5.74) is 2.71. The second-order valence-electron chi connectivity index (χ2n) is 4.08. The predicted octanol–water partition coefficient (Wildman–Crippen LogP) is -0.00910. The molecule has 1 aliphatic rings. The van der Waals surface area contributed by atoms with Crippen LogP contribution in [0.15, 0.2) is 11.0 Å². The molecular formula is C11H14FN3O4. The van der Waals surface area contributed by atoms with Gasteiger partial charge in [-0.2, -0.15) is 4.98 Å². The number of halogens is 1. The van der Waals surface area contributed by atoms with Crippen LogP contribution in [0.3, 0.4) is 0 Å². The second-order valence-corrected chi connectivity index (χ2v) is 4.08. The van der Waals surface area contributed by atoms with Crippen molar-refractivity contribution in [2.75, 3.05) is 18.9 Å². The number of rotatable bonds is 3. The van der Waals surface area contributed by atoms with Crippen molar-refractivity contribution in [3.05, 3.63) is 22.5 Å². The van der Waals surface area contributed by atoms with Crippen LogP contribution < -0.4 is 11.4 Å². The molecule has 7 nitrogen and oxygen atoms in total. The minimum Gasteiger partial charge on any atom is -0.462 e. The quantitative estimate of drug-likeness (QED) is 0.777. The van der Waals surface area contributed by atoms with E-state index < -0.39 is 29.0 Å². The number of carbonyl (C=O) groups is 1. The lowest BCUT2D eigenvalue weighted by Crippen LogP contribution is -2.48. The van der Waals surface area contributed by atoms with Gasteiger partial charge in [-0.15, -0.1) is 0 Å². The van der Waals surface area contributed by atoms with Gasteiger partial charge in [0.25, 0.3) is 0 Å². The summed E-state index contributed by atoms with van der Waals surface area (Å²) in [4.78, 5) is 27.2. The zero-order chi connectivity index (χ0) is 14.0. The zero-order valence-corrected chi connectivity index (χ0v) is 10.4. The molecule has 0 aromatic carbocycles. The topological polar surface area (TPSA) is 96.4 Å². The number of nitrogens with zero attached hydrogens (tertiary/aromatic N) is 2. The number of aromatic nitrogens is 2. The van der Waals surface area contributed by atoms with Gasteiger partial charge in [0.1, 0.15) is 0 Å². The molecule has 1 aromatic rings. The van der Waals surface area contributed by atoms with Gasteiger partial charge in [-0.25, -0.2) is 14.0 Å². The van der Waals surface area contributed by atoms with Gasteiger partial charge < -0.3 is 15.2 Å². The molecule has 1 aliphatic heterocycles. The fourth-order valence-electron chi connectivity index (χ4n) is 2.02. The van der Waals surface area contributed by atoms with Crippen molar-refractivity contribution in [1.82, 2.24) is 9.55 Å². The van der Waals surface area contributed by atoms with Crippen molar-refractivity contribution in [3.8, 4) is 0 Å². The summed E-state index contributed by atoms with van der Waals surface area (Å²) in [5.74, 6) is -2.14. The van der Waals surface area contributed by atoms with E-state index in [4.69, 9.17) is 15.2 Å². The van der Waals surface area contributed by atoms with Crippen LogP contribution in [0.5, 0.6) is 0 Å². The van der Waals surface area contributed by atoms with Gasteiger partial charge in [0.15, 0.2) is 11.6 Å². The van der Waals surface area contributed by atoms with E-state index in [0.29, 0.717) is 6.42 Å². The van der Waals surface area contributed by atoms with Gasteiger partial charge in [0, 0.05) is 6.42 Å². The first kappa shape index (κ1) is 13.5. The smallest absolute Gasteiger partial charge is 0.360 e. The van der Waals surface area contributed by atoms with Crippen LogP contribution in [0.2, 0.25) is 0 Å². The molecule has 0 bridgehead atoms. The third-order valence-corrected chi connectivity index (χ3v) is 2.89. The third kappa shape index (κ3) is 2.19. The summed E-state index contributed by atoms with van der Waals surface area (Å²) in [6, 6.07) is 0. The molecule has 1 saturated heterocycles. The molecule has 104 valence electrons. The fourth-order valence-corrected chi connectivity index (χ4v) is 2.02. The highest BCUT2D eigenvalue weighted by atomic mass is 19.1. The van der Waals surface area contributed by atoms with Crippen LogP contribution in [0.4, 0.5) is 10.2 Å². The molecule has 0 unspecified atom stereocenters. The van der Waals surface area contributed by atoms with Crippen molar-refractivity contribution >= 4 is 11.8 Å². The van der Waals surface area contributed by atoms with Crippen molar-refractivity contribution in [2.45, 2.75) is 25.5 Å². The highest BCUT2D eigenvalue weighted by Gasteiger charge is 2.47. The summed E-state index contributed by atoms with van der Waals surface area (Å²) in [6.45, 7) is 2.03. The lowest BCUT2D eigenvalue weighted by molar-refractivity contribution is -0.180. The van der Waals surface area contributed by atoms with Gasteiger partial charge in [0.05, 0.1) is 19.4 Å². The van der Waals surface area contributed by atoms with Crippen molar-refractivity contribution < 1.29 is 18.7 Å². The number of ether oxygens (including phenoxy) is 2. The molecule has 0 amide bonds. The monoisotopic (exact) mass is 271 g/mol. The van der Waals surface area contributed by atoms with Gasteiger partial charge in [0.2, 0.25) is 5.72 Å². The minimum atomic E-state index is -1.64. The molecule has 1 aromatic heterocycles. The van der Waals surface area contributed by atoms with Gasteiger partial charge in [-0.3, -0.25) is 4.57 Å². The van der Waals surface area contributed by atoms with Crippen molar-refractivity contribution in [2.24, 2.45) is 0 Å². The molecule has 1 atom stereocenters. The Bertz CT molecular complexity index is 551. The lowest BCUT2D eigenvalue weighted by Gasteiger charge is -2.27. The summed E-state index contributed by atoms with van der Waals surface area (Å²) < 4.78 is 24.5. The third-order valence-electron chi connectivity index (χ3n) is 2.89. The first-order valence-electron chi connectivity index (χ1n) is 5.87. The summed E-state index contributed by atoms with van der Waals surface area (Å²) in [5, 5.41) is 0. The number of hydrogen-bond acceptors (Lipinski definition) is 6. The highest BCUT2D eigenvalue weighted by molar-refractivity contribution is 5.77. The maximum Gasteiger partial charge on any atom is 0.360 e. The minimum absolute atomic E-state index is 0.129. The van der Waals surface area contributed by atoms with Crippen LogP contribution in [0.25, 0.3) is 0 Å².